The molecule has 0 bridgehead atoms. The lowest BCUT2D eigenvalue weighted by Crippen LogP contribution is -2.44. The van der Waals surface area contributed by atoms with Gasteiger partial charge in [-0.1, -0.05) is 54.6 Å². The van der Waals surface area contributed by atoms with E-state index < -0.39 is 34.7 Å². The van der Waals surface area contributed by atoms with Crippen LogP contribution in [0.5, 0.6) is 5.75 Å². The van der Waals surface area contributed by atoms with Gasteiger partial charge >= 0.3 is 0 Å². The quantitative estimate of drug-likeness (QED) is 0.295. The Morgan fingerprint density at radius 2 is 1.71 bits per heavy atom. The summed E-state index contributed by atoms with van der Waals surface area (Å²) < 4.78 is 5.24. The fraction of sp³-hybridized carbons (Fsp3) is 0.192. The third-order valence-electron chi connectivity index (χ3n) is 6.72. The van der Waals surface area contributed by atoms with Crippen LogP contribution < -0.4 is 9.64 Å². The zero-order valence-corrected chi connectivity index (χ0v) is 18.7. The van der Waals surface area contributed by atoms with Gasteiger partial charge in [0.2, 0.25) is 6.04 Å². The number of anilines is 1. The first-order valence-corrected chi connectivity index (χ1v) is 11.0. The summed E-state index contributed by atoms with van der Waals surface area (Å²) in [7, 11) is 1.53. The molecule has 9 nitrogen and oxygen atoms in total. The van der Waals surface area contributed by atoms with Crippen LogP contribution in [-0.2, 0) is 0 Å². The number of hydrogen-bond donors (Lipinski definition) is 0. The number of benzene rings is 3. The van der Waals surface area contributed by atoms with E-state index in [1.54, 1.807) is 35.2 Å². The highest BCUT2D eigenvalue weighted by atomic mass is 16.6. The highest BCUT2D eigenvalue weighted by Crippen LogP contribution is 2.47. The Bertz CT molecular complexity index is 1350. The maximum Gasteiger partial charge on any atom is 0.270 e. The molecule has 5 rings (SSSR count). The van der Waals surface area contributed by atoms with Gasteiger partial charge in [-0.3, -0.25) is 25.0 Å². The molecule has 176 valence electrons. The lowest BCUT2D eigenvalue weighted by atomic mass is 9.83. The molecule has 3 aromatic rings. The van der Waals surface area contributed by atoms with Crippen LogP contribution in [0.25, 0.3) is 6.08 Å². The Labute approximate surface area is 200 Å². The molecule has 35 heavy (non-hydrogen) atoms. The van der Waals surface area contributed by atoms with Crippen molar-refractivity contribution in [3.8, 4) is 5.75 Å². The maximum atomic E-state index is 14.0. The van der Waals surface area contributed by atoms with Crippen LogP contribution in [0.1, 0.15) is 27.4 Å². The molecule has 4 atom stereocenters. The van der Waals surface area contributed by atoms with Crippen molar-refractivity contribution in [2.24, 2.45) is 0 Å². The van der Waals surface area contributed by atoms with Crippen molar-refractivity contribution < 1.29 is 19.4 Å². The van der Waals surface area contributed by atoms with Gasteiger partial charge in [-0.15, -0.1) is 0 Å². The monoisotopic (exact) mass is 471 g/mol. The van der Waals surface area contributed by atoms with Gasteiger partial charge in [0.1, 0.15) is 17.8 Å². The van der Waals surface area contributed by atoms with Gasteiger partial charge in [0.15, 0.2) is 5.78 Å². The fourth-order valence-corrected chi connectivity index (χ4v) is 5.20. The number of ether oxygens (including phenoxy) is 1. The molecule has 2 heterocycles. The Balaban J connectivity index is 1.70. The smallest absolute Gasteiger partial charge is 0.270 e. The summed E-state index contributed by atoms with van der Waals surface area (Å²) in [4.78, 5) is 38.7. The minimum atomic E-state index is -1.11. The van der Waals surface area contributed by atoms with E-state index in [4.69, 9.17) is 4.74 Å². The summed E-state index contributed by atoms with van der Waals surface area (Å²) >= 11 is 0. The molecular formula is C26H21N3O6. The van der Waals surface area contributed by atoms with E-state index in [0.29, 0.717) is 17.0 Å². The van der Waals surface area contributed by atoms with Crippen LogP contribution in [0.4, 0.5) is 11.4 Å². The zero-order chi connectivity index (χ0) is 24.7. The first-order valence-electron chi connectivity index (χ1n) is 11.0. The van der Waals surface area contributed by atoms with Crippen molar-refractivity contribution in [1.29, 1.82) is 0 Å². The maximum absolute atomic E-state index is 14.0. The van der Waals surface area contributed by atoms with Gasteiger partial charge in [-0.25, -0.2) is 0 Å². The summed E-state index contributed by atoms with van der Waals surface area (Å²) in [5.41, 5.74) is 2.11. The largest absolute Gasteiger partial charge is 0.497 e. The minimum Gasteiger partial charge on any atom is -0.497 e. The van der Waals surface area contributed by atoms with E-state index in [-0.39, 0.29) is 16.2 Å². The average molecular weight is 471 g/mol. The van der Waals surface area contributed by atoms with Gasteiger partial charge in [-0.05, 0) is 29.3 Å². The number of non-ortho nitro benzene ring substituents is 1. The SMILES string of the molecule is COc1ccc([C@H]2[C@H]([N+](=O)[O-])[C@@H]3C=Cc4ccccc4N3[C@H]2C(=O)c2cccc([N+](=O)[O-])c2)cc1. The van der Waals surface area contributed by atoms with Crippen LogP contribution in [0, 0.1) is 20.2 Å². The number of para-hydroxylation sites is 1. The number of Topliss-reactive ketones (excluding diaryl/α,β-unsaturated/α-hetero) is 1. The first-order chi connectivity index (χ1) is 16.9. The molecule has 1 fully saturated rings. The summed E-state index contributed by atoms with van der Waals surface area (Å²) in [5, 5.41) is 23.8. The molecule has 0 amide bonds. The number of fused-ring (bicyclic) bond motifs is 3. The van der Waals surface area contributed by atoms with E-state index in [9.17, 15) is 25.0 Å². The predicted molar refractivity (Wildman–Crippen MR) is 129 cm³/mol. The Hall–Kier alpha value is -4.53. The topological polar surface area (TPSA) is 116 Å². The number of methoxy groups -OCH3 is 1. The van der Waals surface area contributed by atoms with Gasteiger partial charge in [0, 0.05) is 28.3 Å². The van der Waals surface area contributed by atoms with Crippen molar-refractivity contribution in [2.45, 2.75) is 24.0 Å². The number of carbonyl (C=O) groups is 1. The normalized spacial score (nSPS) is 22.3. The molecule has 1 saturated heterocycles. The second-order valence-electron chi connectivity index (χ2n) is 8.51. The number of nitro groups is 2. The van der Waals surface area contributed by atoms with Gasteiger partial charge in [-0.2, -0.15) is 0 Å². The lowest BCUT2D eigenvalue weighted by Gasteiger charge is -2.34. The van der Waals surface area contributed by atoms with Crippen molar-refractivity contribution >= 4 is 23.2 Å². The molecule has 0 aromatic heterocycles. The molecule has 3 aromatic carbocycles. The Morgan fingerprint density at radius 1 is 0.971 bits per heavy atom. The van der Waals surface area contributed by atoms with E-state index in [1.807, 2.05) is 30.3 Å². The zero-order valence-electron chi connectivity index (χ0n) is 18.7. The Kier molecular flexibility index (Phi) is 5.52. The number of nitro benzene ring substituents is 1. The molecule has 0 N–H and O–H groups in total. The number of ketones is 1. The van der Waals surface area contributed by atoms with E-state index in [1.165, 1.54) is 31.4 Å². The molecule has 0 unspecified atom stereocenters. The number of hydrogen-bond acceptors (Lipinski definition) is 7. The summed E-state index contributed by atoms with van der Waals surface area (Å²) in [6.07, 6.45) is 3.62. The second kappa shape index (κ2) is 8.68. The van der Waals surface area contributed by atoms with Crippen LogP contribution in [0.2, 0.25) is 0 Å². The van der Waals surface area contributed by atoms with E-state index in [2.05, 4.69) is 0 Å². The van der Waals surface area contributed by atoms with E-state index >= 15 is 0 Å². The molecule has 9 heteroatoms. The second-order valence-corrected chi connectivity index (χ2v) is 8.51. The van der Waals surface area contributed by atoms with Crippen LogP contribution >= 0.6 is 0 Å². The van der Waals surface area contributed by atoms with Crippen LogP contribution in [-0.4, -0.2) is 40.9 Å². The minimum absolute atomic E-state index is 0.137. The van der Waals surface area contributed by atoms with Gasteiger partial charge in [0.05, 0.1) is 18.0 Å². The molecule has 2 aliphatic heterocycles. The average Bonchev–Trinajstić information content (AvgIpc) is 3.24. The summed E-state index contributed by atoms with van der Waals surface area (Å²) in [5.74, 6) is -0.619. The van der Waals surface area contributed by atoms with Crippen molar-refractivity contribution in [3.05, 3.63) is 116 Å². The van der Waals surface area contributed by atoms with Crippen LogP contribution in [0.3, 0.4) is 0 Å². The highest BCUT2D eigenvalue weighted by molar-refractivity contribution is 6.04. The molecule has 0 aliphatic carbocycles. The number of carbonyl (C=O) groups excluding carboxylic acids is 1. The molecule has 2 aliphatic rings. The summed E-state index contributed by atoms with van der Waals surface area (Å²) in [6, 6.07) is 17.1. The van der Waals surface area contributed by atoms with Gasteiger partial charge < -0.3 is 9.64 Å². The first kappa shape index (κ1) is 22.3. The van der Waals surface area contributed by atoms with Crippen molar-refractivity contribution in [3.63, 3.8) is 0 Å². The highest BCUT2D eigenvalue weighted by Gasteiger charge is 2.59. The standard InChI is InChI=1S/C26H21N3O6/c1-35-20-12-9-17(10-13-20)23-24(29(33)34)22-14-11-16-5-2-3-8-21(16)27(22)25(23)26(30)18-6-4-7-19(15-18)28(31)32/h2-15,22-25H,1H3/t22-,23-,24+,25+/m0/s1. The Morgan fingerprint density at radius 3 is 2.40 bits per heavy atom. The van der Waals surface area contributed by atoms with Gasteiger partial charge in [0.25, 0.3) is 5.69 Å². The summed E-state index contributed by atoms with van der Waals surface area (Å²) in [6.45, 7) is 0. The molecule has 0 spiro atoms. The molecule has 0 saturated carbocycles. The fourth-order valence-electron chi connectivity index (χ4n) is 5.20. The molecule has 0 radical (unpaired) electrons. The lowest BCUT2D eigenvalue weighted by molar-refractivity contribution is -0.524. The number of rotatable bonds is 6. The van der Waals surface area contributed by atoms with Crippen molar-refractivity contribution in [2.75, 3.05) is 12.0 Å². The molecular weight excluding hydrogens is 450 g/mol. The predicted octanol–water partition coefficient (Wildman–Crippen LogP) is 4.50. The van der Waals surface area contributed by atoms with E-state index in [0.717, 1.165) is 5.56 Å². The number of nitrogens with zero attached hydrogens (tertiary/aromatic N) is 3. The van der Waals surface area contributed by atoms with Crippen molar-refractivity contribution in [1.82, 2.24) is 0 Å². The third kappa shape index (κ3) is 3.71. The van der Waals surface area contributed by atoms with Crippen LogP contribution in [0.15, 0.2) is 78.9 Å². The third-order valence-corrected chi connectivity index (χ3v) is 6.72.